The van der Waals surface area contributed by atoms with Crippen LogP contribution in [0.25, 0.3) is 0 Å². The Labute approximate surface area is 141 Å². The molecule has 0 radical (unpaired) electrons. The molecule has 0 atom stereocenters. The van der Waals surface area contributed by atoms with Crippen molar-refractivity contribution in [2.24, 2.45) is 0 Å². The zero-order valence-electron chi connectivity index (χ0n) is 11.9. The molecule has 0 fully saturated rings. The summed E-state index contributed by atoms with van der Waals surface area (Å²) < 4.78 is 14.0. The Morgan fingerprint density at radius 3 is 2.74 bits per heavy atom. The van der Waals surface area contributed by atoms with Gasteiger partial charge >= 0.3 is 0 Å². The lowest BCUT2D eigenvalue weighted by Gasteiger charge is -2.00. The van der Waals surface area contributed by atoms with E-state index in [4.69, 9.17) is 5.26 Å². The minimum Gasteiger partial charge on any atom is -0.330 e. The summed E-state index contributed by atoms with van der Waals surface area (Å²) in [5, 5.41) is 20.6. The van der Waals surface area contributed by atoms with E-state index in [1.54, 1.807) is 36.0 Å². The molecule has 7 heteroatoms. The zero-order chi connectivity index (χ0) is 16.1. The Morgan fingerprint density at radius 2 is 2.00 bits per heavy atom. The molecule has 1 N–H and O–H groups in total. The second-order valence-corrected chi connectivity index (χ2v) is 6.81. The first-order chi connectivity index (χ1) is 11.2. The summed E-state index contributed by atoms with van der Waals surface area (Å²) in [6.07, 6.45) is 0. The molecule has 2 aromatic carbocycles. The number of rotatable bonds is 5. The minimum atomic E-state index is -0.296. The van der Waals surface area contributed by atoms with Crippen LogP contribution in [-0.2, 0) is 5.75 Å². The minimum absolute atomic E-state index is 0.296. The van der Waals surface area contributed by atoms with Gasteiger partial charge in [-0.2, -0.15) is 5.26 Å². The first kappa shape index (κ1) is 15.5. The summed E-state index contributed by atoms with van der Waals surface area (Å²) >= 11 is 2.98. The number of hydrogen-bond donors (Lipinski definition) is 1. The SMILES string of the molecule is N#Cc1ccc(CSc2nnc(Nc3cccc(F)c3)s2)cc1. The summed E-state index contributed by atoms with van der Waals surface area (Å²) in [5.74, 6) is 0.454. The maximum atomic E-state index is 13.1. The van der Waals surface area contributed by atoms with E-state index < -0.39 is 0 Å². The molecule has 0 spiro atoms. The molecule has 3 rings (SSSR count). The van der Waals surface area contributed by atoms with Gasteiger partial charge in [0.1, 0.15) is 5.82 Å². The maximum Gasteiger partial charge on any atom is 0.210 e. The van der Waals surface area contributed by atoms with Gasteiger partial charge in [-0.15, -0.1) is 10.2 Å². The van der Waals surface area contributed by atoms with Crippen molar-refractivity contribution in [3.05, 3.63) is 65.5 Å². The molecule has 0 aliphatic carbocycles. The molecule has 0 aliphatic rings. The van der Waals surface area contributed by atoms with E-state index in [-0.39, 0.29) is 5.82 Å². The Balaban J connectivity index is 1.59. The van der Waals surface area contributed by atoms with Crippen molar-refractivity contribution < 1.29 is 4.39 Å². The van der Waals surface area contributed by atoms with Crippen molar-refractivity contribution in [2.45, 2.75) is 10.1 Å². The van der Waals surface area contributed by atoms with Crippen LogP contribution >= 0.6 is 23.1 Å². The van der Waals surface area contributed by atoms with E-state index in [1.165, 1.54) is 23.5 Å². The van der Waals surface area contributed by atoms with Crippen LogP contribution in [0.4, 0.5) is 15.2 Å². The highest BCUT2D eigenvalue weighted by atomic mass is 32.2. The van der Waals surface area contributed by atoms with Gasteiger partial charge < -0.3 is 5.32 Å². The number of halogens is 1. The lowest BCUT2D eigenvalue weighted by molar-refractivity contribution is 0.628. The van der Waals surface area contributed by atoms with Crippen LogP contribution < -0.4 is 5.32 Å². The van der Waals surface area contributed by atoms with Crippen LogP contribution in [0.5, 0.6) is 0 Å². The number of thioether (sulfide) groups is 1. The van der Waals surface area contributed by atoms with Gasteiger partial charge in [-0.25, -0.2) is 4.39 Å². The van der Waals surface area contributed by atoms with Gasteiger partial charge in [0.05, 0.1) is 11.6 Å². The molecule has 4 nitrogen and oxygen atoms in total. The highest BCUT2D eigenvalue weighted by molar-refractivity contribution is 8.00. The Morgan fingerprint density at radius 1 is 1.17 bits per heavy atom. The average molecular weight is 342 g/mol. The van der Waals surface area contributed by atoms with E-state index in [1.807, 2.05) is 12.1 Å². The first-order valence-electron chi connectivity index (χ1n) is 6.71. The van der Waals surface area contributed by atoms with Crippen molar-refractivity contribution in [3.8, 4) is 6.07 Å². The summed E-state index contributed by atoms with van der Waals surface area (Å²) in [6.45, 7) is 0. The van der Waals surface area contributed by atoms with Gasteiger partial charge in [-0.1, -0.05) is 41.3 Å². The van der Waals surface area contributed by atoms with Gasteiger partial charge in [0.2, 0.25) is 5.13 Å². The summed E-state index contributed by atoms with van der Waals surface area (Å²) in [5.41, 5.74) is 2.41. The molecule has 0 saturated heterocycles. The van der Waals surface area contributed by atoms with Crippen molar-refractivity contribution in [1.82, 2.24) is 10.2 Å². The van der Waals surface area contributed by atoms with Gasteiger partial charge in [-0.05, 0) is 35.9 Å². The Bertz CT molecular complexity index is 840. The molecular weight excluding hydrogens is 331 g/mol. The molecule has 114 valence electrons. The van der Waals surface area contributed by atoms with Gasteiger partial charge in [0.15, 0.2) is 4.34 Å². The number of nitriles is 1. The zero-order valence-corrected chi connectivity index (χ0v) is 13.5. The Hall–Kier alpha value is -2.43. The number of hydrogen-bond acceptors (Lipinski definition) is 6. The quantitative estimate of drug-likeness (QED) is 0.687. The first-order valence-corrected chi connectivity index (χ1v) is 8.51. The van der Waals surface area contributed by atoms with Crippen LogP contribution in [-0.4, -0.2) is 10.2 Å². The van der Waals surface area contributed by atoms with Gasteiger partial charge in [-0.3, -0.25) is 0 Å². The molecular formula is C16H11FN4S2. The number of nitrogens with zero attached hydrogens (tertiary/aromatic N) is 3. The van der Waals surface area contributed by atoms with Crippen molar-refractivity contribution in [3.63, 3.8) is 0 Å². The molecule has 0 bridgehead atoms. The van der Waals surface area contributed by atoms with Crippen LogP contribution in [0.1, 0.15) is 11.1 Å². The highest BCUT2D eigenvalue weighted by Crippen LogP contribution is 2.30. The molecule has 1 heterocycles. The molecule has 23 heavy (non-hydrogen) atoms. The van der Waals surface area contributed by atoms with E-state index >= 15 is 0 Å². The largest absolute Gasteiger partial charge is 0.330 e. The van der Waals surface area contributed by atoms with Crippen LogP contribution in [0.3, 0.4) is 0 Å². The average Bonchev–Trinajstić information content (AvgIpc) is 3.01. The molecule has 0 unspecified atom stereocenters. The topological polar surface area (TPSA) is 61.6 Å². The van der Waals surface area contributed by atoms with Crippen LogP contribution in [0.2, 0.25) is 0 Å². The summed E-state index contributed by atoms with van der Waals surface area (Å²) in [6, 6.07) is 15.8. The summed E-state index contributed by atoms with van der Waals surface area (Å²) in [7, 11) is 0. The van der Waals surface area contributed by atoms with E-state index in [0.717, 1.165) is 15.7 Å². The smallest absolute Gasteiger partial charge is 0.210 e. The van der Waals surface area contributed by atoms with E-state index in [2.05, 4.69) is 21.6 Å². The lowest BCUT2D eigenvalue weighted by Crippen LogP contribution is -1.89. The Kier molecular flexibility index (Phi) is 4.86. The van der Waals surface area contributed by atoms with Crippen molar-refractivity contribution in [1.29, 1.82) is 5.26 Å². The third kappa shape index (κ3) is 4.28. The maximum absolute atomic E-state index is 13.1. The fourth-order valence-corrected chi connectivity index (χ4v) is 3.56. The van der Waals surface area contributed by atoms with Crippen molar-refractivity contribution in [2.75, 3.05) is 5.32 Å². The standard InChI is InChI=1S/C16H11FN4S2/c17-13-2-1-3-14(8-13)19-15-20-21-16(23-15)22-10-12-6-4-11(9-18)5-7-12/h1-8H,10H2,(H,19,20). The number of benzene rings is 2. The second kappa shape index (κ2) is 7.22. The molecule has 0 aliphatic heterocycles. The molecule has 0 amide bonds. The fraction of sp³-hybridized carbons (Fsp3) is 0.0625. The van der Waals surface area contributed by atoms with E-state index in [0.29, 0.717) is 16.4 Å². The molecule has 3 aromatic rings. The predicted octanol–water partition coefficient (Wildman–Crippen LogP) is 4.58. The number of anilines is 2. The van der Waals surface area contributed by atoms with E-state index in [9.17, 15) is 4.39 Å². The van der Waals surface area contributed by atoms with Crippen molar-refractivity contribution >= 4 is 33.9 Å². The highest BCUT2D eigenvalue weighted by Gasteiger charge is 2.06. The third-order valence-corrected chi connectivity index (χ3v) is 4.97. The van der Waals surface area contributed by atoms with Crippen LogP contribution in [0.15, 0.2) is 52.9 Å². The molecule has 0 saturated carbocycles. The lowest BCUT2D eigenvalue weighted by atomic mass is 10.2. The fourth-order valence-electron chi connectivity index (χ4n) is 1.83. The monoisotopic (exact) mass is 342 g/mol. The number of aromatic nitrogens is 2. The summed E-state index contributed by atoms with van der Waals surface area (Å²) in [4.78, 5) is 0. The van der Waals surface area contributed by atoms with Gasteiger partial charge in [0, 0.05) is 11.4 Å². The second-order valence-electron chi connectivity index (χ2n) is 4.61. The predicted molar refractivity (Wildman–Crippen MR) is 90.3 cm³/mol. The third-order valence-electron chi connectivity index (χ3n) is 2.93. The molecule has 1 aromatic heterocycles. The van der Waals surface area contributed by atoms with Crippen LogP contribution in [0, 0.1) is 17.1 Å². The number of nitrogens with one attached hydrogen (secondary N) is 1. The normalized spacial score (nSPS) is 10.3. The van der Waals surface area contributed by atoms with Gasteiger partial charge in [0.25, 0.3) is 0 Å².